The quantitative estimate of drug-likeness (QED) is 0.398. The number of esters is 1. The maximum Gasteiger partial charge on any atom is 0.343 e. The third-order valence-corrected chi connectivity index (χ3v) is 4.65. The summed E-state index contributed by atoms with van der Waals surface area (Å²) < 4.78 is 33.2. The number of carbonyl (C=O) groups is 2. The molecule has 0 bridgehead atoms. The highest BCUT2D eigenvalue weighted by Crippen LogP contribution is 2.20. The van der Waals surface area contributed by atoms with Gasteiger partial charge in [0.25, 0.3) is 5.56 Å². The van der Waals surface area contributed by atoms with Crippen molar-refractivity contribution in [1.29, 1.82) is 0 Å². The highest BCUT2D eigenvalue weighted by Gasteiger charge is 2.19. The molecule has 1 heterocycles. The Morgan fingerprint density at radius 1 is 1.09 bits per heavy atom. The lowest BCUT2D eigenvalue weighted by molar-refractivity contribution is 0.0523. The van der Waals surface area contributed by atoms with Gasteiger partial charge in [-0.1, -0.05) is 12.1 Å². The van der Waals surface area contributed by atoms with Gasteiger partial charge in [-0.15, -0.1) is 0 Å². The van der Waals surface area contributed by atoms with Crippen molar-refractivity contribution < 1.29 is 23.1 Å². The Hall–Kier alpha value is -3.55. The van der Waals surface area contributed by atoms with Crippen molar-refractivity contribution in [2.45, 2.75) is 46.7 Å². The summed E-state index contributed by atoms with van der Waals surface area (Å²) in [5.41, 5.74) is 0.508. The monoisotopic (exact) mass is 458 g/mol. The van der Waals surface area contributed by atoms with E-state index in [2.05, 4.69) is 5.32 Å². The van der Waals surface area contributed by atoms with Gasteiger partial charge in [0.15, 0.2) is 6.29 Å². The highest BCUT2D eigenvalue weighted by molar-refractivity contribution is 5.94. The molecule has 0 fully saturated rings. The van der Waals surface area contributed by atoms with E-state index in [0.29, 0.717) is 17.5 Å². The van der Waals surface area contributed by atoms with E-state index in [9.17, 15) is 23.2 Å². The normalized spacial score (nSPS) is 10.7. The molecule has 0 aliphatic rings. The molecule has 2 aromatic carbocycles. The van der Waals surface area contributed by atoms with Gasteiger partial charge in [0, 0.05) is 23.2 Å². The smallest absolute Gasteiger partial charge is 0.343 e. The number of halogens is 2. The summed E-state index contributed by atoms with van der Waals surface area (Å²) in [5, 5.41) is 3.23. The molecule has 33 heavy (non-hydrogen) atoms. The van der Waals surface area contributed by atoms with E-state index >= 15 is 0 Å². The minimum Gasteiger partial charge on any atom is -0.462 e. The SMILES string of the molecule is CC(C)Nc1cccc(F)c1C=O.CCOC(=O)c1cc2c(F)cccc2n(C(C)C)c1=O. The maximum atomic E-state index is 13.9. The Balaban J connectivity index is 0.000000257. The number of anilines is 1. The first-order valence-corrected chi connectivity index (χ1v) is 10.6. The van der Waals surface area contributed by atoms with Crippen LogP contribution in [-0.4, -0.2) is 29.5 Å². The van der Waals surface area contributed by atoms with Crippen LogP contribution in [0.4, 0.5) is 14.5 Å². The van der Waals surface area contributed by atoms with Crippen LogP contribution >= 0.6 is 0 Å². The van der Waals surface area contributed by atoms with Crippen LogP contribution in [0.1, 0.15) is 61.4 Å². The van der Waals surface area contributed by atoms with E-state index in [0.717, 1.165) is 0 Å². The Kier molecular flexibility index (Phi) is 8.85. The Morgan fingerprint density at radius 3 is 2.30 bits per heavy atom. The van der Waals surface area contributed by atoms with Gasteiger partial charge in [-0.05, 0) is 65.0 Å². The van der Waals surface area contributed by atoms with Gasteiger partial charge < -0.3 is 14.6 Å². The molecule has 3 rings (SSSR count). The number of ether oxygens (including phenoxy) is 1. The average Bonchev–Trinajstić information content (AvgIpc) is 2.73. The zero-order chi connectivity index (χ0) is 24.7. The molecule has 8 heteroatoms. The maximum absolute atomic E-state index is 13.9. The molecular weight excluding hydrogens is 430 g/mol. The third kappa shape index (κ3) is 6.03. The Morgan fingerprint density at radius 2 is 1.73 bits per heavy atom. The number of benzene rings is 2. The second kappa shape index (κ2) is 11.4. The van der Waals surface area contributed by atoms with Gasteiger partial charge in [0.1, 0.15) is 17.2 Å². The van der Waals surface area contributed by atoms with Crippen molar-refractivity contribution in [3.8, 4) is 0 Å². The predicted octanol–water partition coefficient (Wildman–Crippen LogP) is 5.36. The summed E-state index contributed by atoms with van der Waals surface area (Å²) in [6, 6.07) is 10.3. The fraction of sp³-hybridized carbons (Fsp3) is 0.320. The van der Waals surface area contributed by atoms with Crippen LogP contribution in [0.15, 0.2) is 47.3 Å². The van der Waals surface area contributed by atoms with Gasteiger partial charge in [-0.3, -0.25) is 9.59 Å². The van der Waals surface area contributed by atoms with Crippen molar-refractivity contribution in [2.75, 3.05) is 11.9 Å². The summed E-state index contributed by atoms with van der Waals surface area (Å²) in [4.78, 5) is 34.8. The van der Waals surface area contributed by atoms with Crippen LogP contribution in [-0.2, 0) is 4.74 Å². The summed E-state index contributed by atoms with van der Waals surface area (Å²) in [6.45, 7) is 9.29. The second-order valence-corrected chi connectivity index (χ2v) is 7.84. The van der Waals surface area contributed by atoms with Gasteiger partial charge in [-0.25, -0.2) is 13.6 Å². The number of aldehydes is 1. The summed E-state index contributed by atoms with van der Waals surface area (Å²) >= 11 is 0. The van der Waals surface area contributed by atoms with Crippen LogP contribution < -0.4 is 10.9 Å². The number of hydrogen-bond acceptors (Lipinski definition) is 5. The minimum atomic E-state index is -0.725. The predicted molar refractivity (Wildman–Crippen MR) is 125 cm³/mol. The van der Waals surface area contributed by atoms with Crippen molar-refractivity contribution in [1.82, 2.24) is 4.57 Å². The average molecular weight is 459 g/mol. The van der Waals surface area contributed by atoms with E-state index in [1.807, 2.05) is 13.8 Å². The first-order valence-electron chi connectivity index (χ1n) is 10.6. The van der Waals surface area contributed by atoms with Crippen molar-refractivity contribution in [2.24, 2.45) is 0 Å². The van der Waals surface area contributed by atoms with Crippen LogP contribution in [0.2, 0.25) is 0 Å². The Bertz CT molecular complexity index is 1200. The first kappa shape index (κ1) is 25.7. The second-order valence-electron chi connectivity index (χ2n) is 7.84. The fourth-order valence-electron chi connectivity index (χ4n) is 3.29. The molecule has 6 nitrogen and oxygen atoms in total. The molecule has 0 aliphatic heterocycles. The number of rotatable bonds is 6. The minimum absolute atomic E-state index is 0.0937. The molecule has 0 saturated carbocycles. The number of nitrogens with zero attached hydrogens (tertiary/aromatic N) is 1. The van der Waals surface area contributed by atoms with Gasteiger partial charge >= 0.3 is 5.97 Å². The van der Waals surface area contributed by atoms with Crippen molar-refractivity contribution in [3.05, 3.63) is 75.6 Å². The molecule has 0 spiro atoms. The molecule has 1 N–H and O–H groups in total. The van der Waals surface area contributed by atoms with Crippen LogP contribution in [0, 0.1) is 11.6 Å². The summed E-state index contributed by atoms with van der Waals surface area (Å²) in [6.07, 6.45) is 0.528. The first-order chi connectivity index (χ1) is 15.6. The van der Waals surface area contributed by atoms with E-state index < -0.39 is 23.2 Å². The molecule has 0 saturated heterocycles. The lowest BCUT2D eigenvalue weighted by Gasteiger charge is -2.15. The van der Waals surface area contributed by atoms with E-state index in [1.54, 1.807) is 45.0 Å². The molecule has 0 aliphatic carbocycles. The van der Waals surface area contributed by atoms with Crippen molar-refractivity contribution in [3.63, 3.8) is 0 Å². The Labute approximate surface area is 191 Å². The van der Waals surface area contributed by atoms with E-state index in [-0.39, 0.29) is 35.2 Å². The zero-order valence-electron chi connectivity index (χ0n) is 19.3. The molecule has 1 aromatic heterocycles. The van der Waals surface area contributed by atoms with Gasteiger partial charge in [-0.2, -0.15) is 0 Å². The number of fused-ring (bicyclic) bond motifs is 1. The standard InChI is InChI=1S/C15H16FNO3.C10H12FNO/c1-4-20-15(19)11-8-10-12(16)6-5-7-13(10)17(9(2)3)14(11)18;1-7(2)12-10-5-3-4-9(11)8(10)6-13/h5-9H,4H2,1-3H3;3-7,12H,1-2H3. The van der Waals surface area contributed by atoms with Gasteiger partial charge in [0.05, 0.1) is 17.7 Å². The summed E-state index contributed by atoms with van der Waals surface area (Å²) in [5.74, 6) is -1.68. The molecule has 176 valence electrons. The molecule has 0 atom stereocenters. The fourth-order valence-corrected chi connectivity index (χ4v) is 3.29. The zero-order valence-corrected chi connectivity index (χ0v) is 19.3. The highest BCUT2D eigenvalue weighted by atomic mass is 19.1. The molecular formula is C25H28F2N2O4. The number of pyridine rings is 1. The van der Waals surface area contributed by atoms with Crippen LogP contribution in [0.3, 0.4) is 0 Å². The lowest BCUT2D eigenvalue weighted by atomic mass is 10.1. The third-order valence-electron chi connectivity index (χ3n) is 4.65. The number of nitrogens with one attached hydrogen (secondary N) is 1. The largest absolute Gasteiger partial charge is 0.462 e. The molecule has 0 radical (unpaired) electrons. The van der Waals surface area contributed by atoms with Gasteiger partial charge in [0.2, 0.25) is 0 Å². The van der Waals surface area contributed by atoms with Crippen LogP contribution in [0.5, 0.6) is 0 Å². The number of hydrogen-bond donors (Lipinski definition) is 1. The molecule has 0 amide bonds. The van der Waals surface area contributed by atoms with Crippen molar-refractivity contribution >= 4 is 28.8 Å². The number of carbonyl (C=O) groups excluding carboxylic acids is 2. The topological polar surface area (TPSA) is 77.4 Å². The molecule has 0 unspecified atom stereocenters. The summed E-state index contributed by atoms with van der Waals surface area (Å²) in [7, 11) is 0. The lowest BCUT2D eigenvalue weighted by Crippen LogP contribution is -2.29. The van der Waals surface area contributed by atoms with E-state index in [1.165, 1.54) is 22.8 Å². The molecule has 3 aromatic rings. The van der Waals surface area contributed by atoms with Crippen LogP contribution in [0.25, 0.3) is 10.9 Å². The van der Waals surface area contributed by atoms with E-state index in [4.69, 9.17) is 4.74 Å². The number of aromatic nitrogens is 1.